The average Bonchev–Trinajstić information content (AvgIpc) is 3.09. The molecule has 0 amide bonds. The van der Waals surface area contributed by atoms with Crippen molar-refractivity contribution < 1.29 is 23.9 Å². The number of hydrogen-bond acceptors (Lipinski definition) is 6. The zero-order valence-corrected chi connectivity index (χ0v) is 14.4. The Morgan fingerprint density at radius 3 is 2.88 bits per heavy atom. The van der Waals surface area contributed by atoms with E-state index < -0.39 is 17.0 Å². The Hall–Kier alpha value is -3.06. The summed E-state index contributed by atoms with van der Waals surface area (Å²) >= 11 is 6.08. The third kappa shape index (κ3) is 3.78. The fourth-order valence-electron chi connectivity index (χ4n) is 2.52. The van der Waals surface area contributed by atoms with Crippen LogP contribution < -0.4 is 9.47 Å². The van der Waals surface area contributed by atoms with Crippen LogP contribution in [0.3, 0.4) is 0 Å². The van der Waals surface area contributed by atoms with Crippen molar-refractivity contribution in [3.05, 3.63) is 68.7 Å². The summed E-state index contributed by atoms with van der Waals surface area (Å²) in [5.41, 5.74) is 0.860. The van der Waals surface area contributed by atoms with E-state index in [0.717, 1.165) is 0 Å². The molecule has 3 rings (SSSR count). The van der Waals surface area contributed by atoms with Crippen molar-refractivity contribution in [1.29, 1.82) is 0 Å². The average molecular weight is 376 g/mol. The molecule has 0 saturated carbocycles. The molecule has 1 atom stereocenters. The van der Waals surface area contributed by atoms with E-state index in [9.17, 15) is 14.9 Å². The Kier molecular flexibility index (Phi) is 5.09. The van der Waals surface area contributed by atoms with Crippen LogP contribution in [0.2, 0.25) is 5.02 Å². The van der Waals surface area contributed by atoms with Gasteiger partial charge in [0, 0.05) is 12.1 Å². The van der Waals surface area contributed by atoms with Gasteiger partial charge in [-0.2, -0.15) is 0 Å². The van der Waals surface area contributed by atoms with Crippen molar-refractivity contribution in [3.63, 3.8) is 0 Å². The minimum Gasteiger partial charge on any atom is -0.454 e. The van der Waals surface area contributed by atoms with E-state index in [1.165, 1.54) is 18.2 Å². The zero-order chi connectivity index (χ0) is 18.7. The number of nitro benzene ring substituents is 1. The molecule has 0 radical (unpaired) electrons. The lowest BCUT2D eigenvalue weighted by Gasteiger charge is -2.12. The molecule has 0 aromatic heterocycles. The molecule has 1 unspecified atom stereocenters. The molecule has 0 N–H and O–H groups in total. The number of rotatable bonds is 5. The van der Waals surface area contributed by atoms with E-state index >= 15 is 0 Å². The monoisotopic (exact) mass is 375 g/mol. The number of para-hydroxylation sites is 1. The SMILES string of the molecule is CC(OC(=O)C=Cc1cc(Cl)c2c(c1)OCO2)c1ccccc1[N+](=O)[O-]. The number of ether oxygens (including phenoxy) is 3. The fraction of sp³-hybridized carbons (Fsp3) is 0.167. The highest BCUT2D eigenvalue weighted by Crippen LogP contribution is 2.40. The van der Waals surface area contributed by atoms with E-state index in [1.807, 2.05) is 0 Å². The van der Waals surface area contributed by atoms with Crippen LogP contribution in [0.1, 0.15) is 24.2 Å². The molecule has 0 spiro atoms. The van der Waals surface area contributed by atoms with Gasteiger partial charge in [0.1, 0.15) is 6.10 Å². The van der Waals surface area contributed by atoms with Crippen molar-refractivity contribution in [2.45, 2.75) is 13.0 Å². The van der Waals surface area contributed by atoms with Crippen LogP contribution in [0.25, 0.3) is 6.08 Å². The van der Waals surface area contributed by atoms with Crippen LogP contribution in [0.4, 0.5) is 5.69 Å². The van der Waals surface area contributed by atoms with Gasteiger partial charge in [-0.05, 0) is 36.8 Å². The summed E-state index contributed by atoms with van der Waals surface area (Å²) in [5, 5.41) is 11.4. The Labute approximate surface area is 153 Å². The molecule has 134 valence electrons. The normalized spacial score (nSPS) is 13.6. The second kappa shape index (κ2) is 7.45. The van der Waals surface area contributed by atoms with Gasteiger partial charge in [0.25, 0.3) is 5.69 Å². The molecular weight excluding hydrogens is 362 g/mol. The maximum atomic E-state index is 12.0. The maximum Gasteiger partial charge on any atom is 0.331 e. The van der Waals surface area contributed by atoms with Gasteiger partial charge < -0.3 is 14.2 Å². The van der Waals surface area contributed by atoms with Crippen molar-refractivity contribution in [2.75, 3.05) is 6.79 Å². The lowest BCUT2D eigenvalue weighted by molar-refractivity contribution is -0.386. The van der Waals surface area contributed by atoms with Crippen molar-refractivity contribution >= 4 is 29.3 Å². The number of halogens is 1. The Morgan fingerprint density at radius 2 is 2.12 bits per heavy atom. The first kappa shape index (κ1) is 17.8. The van der Waals surface area contributed by atoms with Crippen LogP contribution in [0.15, 0.2) is 42.5 Å². The molecule has 0 aliphatic carbocycles. The van der Waals surface area contributed by atoms with E-state index in [2.05, 4.69) is 0 Å². The summed E-state index contributed by atoms with van der Waals surface area (Å²) in [7, 11) is 0. The molecule has 1 aliphatic rings. The third-order valence-corrected chi connectivity index (χ3v) is 4.01. The second-order valence-corrected chi connectivity index (χ2v) is 5.87. The van der Waals surface area contributed by atoms with Crippen molar-refractivity contribution in [3.8, 4) is 11.5 Å². The number of esters is 1. The Morgan fingerprint density at radius 1 is 1.35 bits per heavy atom. The molecule has 8 heteroatoms. The topological polar surface area (TPSA) is 87.9 Å². The Balaban J connectivity index is 1.70. The summed E-state index contributed by atoms with van der Waals surface area (Å²) in [6, 6.07) is 9.44. The number of benzene rings is 2. The largest absolute Gasteiger partial charge is 0.454 e. The van der Waals surface area contributed by atoms with Crippen LogP contribution >= 0.6 is 11.6 Å². The summed E-state index contributed by atoms with van der Waals surface area (Å²) in [6.07, 6.45) is 1.97. The number of nitrogens with zero attached hydrogens (tertiary/aromatic N) is 1. The Bertz CT molecular complexity index is 895. The zero-order valence-electron chi connectivity index (χ0n) is 13.7. The van der Waals surface area contributed by atoms with Gasteiger partial charge in [0.2, 0.25) is 6.79 Å². The smallest absolute Gasteiger partial charge is 0.331 e. The van der Waals surface area contributed by atoms with E-state index in [4.69, 9.17) is 25.8 Å². The molecule has 2 aromatic rings. The van der Waals surface area contributed by atoms with Gasteiger partial charge in [-0.15, -0.1) is 0 Å². The van der Waals surface area contributed by atoms with Gasteiger partial charge in [0.15, 0.2) is 11.5 Å². The predicted molar refractivity (Wildman–Crippen MR) is 94.2 cm³/mol. The van der Waals surface area contributed by atoms with Gasteiger partial charge >= 0.3 is 5.97 Å². The highest BCUT2D eigenvalue weighted by atomic mass is 35.5. The molecule has 0 fully saturated rings. The number of carbonyl (C=O) groups is 1. The van der Waals surface area contributed by atoms with E-state index in [0.29, 0.717) is 27.6 Å². The quantitative estimate of drug-likeness (QED) is 0.335. The molecule has 7 nitrogen and oxygen atoms in total. The lowest BCUT2D eigenvalue weighted by Crippen LogP contribution is -2.08. The first-order chi connectivity index (χ1) is 12.5. The van der Waals surface area contributed by atoms with Gasteiger partial charge in [-0.25, -0.2) is 4.79 Å². The summed E-state index contributed by atoms with van der Waals surface area (Å²) in [6.45, 7) is 1.67. The minimum absolute atomic E-state index is 0.0949. The number of nitro groups is 1. The third-order valence-electron chi connectivity index (χ3n) is 3.73. The molecule has 0 bridgehead atoms. The summed E-state index contributed by atoms with van der Waals surface area (Å²) in [4.78, 5) is 22.6. The van der Waals surface area contributed by atoms with E-state index in [-0.39, 0.29) is 12.5 Å². The molecule has 2 aromatic carbocycles. The number of fused-ring (bicyclic) bond motifs is 1. The molecule has 1 heterocycles. The van der Waals surface area contributed by atoms with Gasteiger partial charge in [0.05, 0.1) is 15.5 Å². The number of hydrogen-bond donors (Lipinski definition) is 0. The maximum absolute atomic E-state index is 12.0. The first-order valence-electron chi connectivity index (χ1n) is 7.67. The molecule has 0 saturated heterocycles. The van der Waals surface area contributed by atoms with Crippen LogP contribution in [-0.4, -0.2) is 17.7 Å². The standard InChI is InChI=1S/C18H14ClNO6/c1-11(13-4-2-3-5-15(13)20(22)23)26-17(21)7-6-12-8-14(19)18-16(9-12)24-10-25-18/h2-9,11H,10H2,1H3. The van der Waals surface area contributed by atoms with Crippen molar-refractivity contribution in [2.24, 2.45) is 0 Å². The summed E-state index contributed by atoms with van der Waals surface area (Å²) in [5.74, 6) is 0.333. The van der Waals surface area contributed by atoms with E-state index in [1.54, 1.807) is 37.3 Å². The predicted octanol–water partition coefficient (Wildman–Crippen LogP) is 4.29. The van der Waals surface area contributed by atoms with Gasteiger partial charge in [-0.3, -0.25) is 10.1 Å². The number of carbonyl (C=O) groups excluding carboxylic acids is 1. The van der Waals surface area contributed by atoms with Crippen LogP contribution in [0, 0.1) is 10.1 Å². The highest BCUT2D eigenvalue weighted by molar-refractivity contribution is 6.32. The molecule has 26 heavy (non-hydrogen) atoms. The first-order valence-corrected chi connectivity index (χ1v) is 8.04. The molecular formula is C18H14ClNO6. The second-order valence-electron chi connectivity index (χ2n) is 5.46. The van der Waals surface area contributed by atoms with Crippen LogP contribution in [0.5, 0.6) is 11.5 Å². The molecule has 1 aliphatic heterocycles. The lowest BCUT2D eigenvalue weighted by atomic mass is 10.1. The van der Waals surface area contributed by atoms with Crippen LogP contribution in [-0.2, 0) is 9.53 Å². The van der Waals surface area contributed by atoms with Crippen molar-refractivity contribution in [1.82, 2.24) is 0 Å². The van der Waals surface area contributed by atoms with Gasteiger partial charge in [-0.1, -0.05) is 23.7 Å². The highest BCUT2D eigenvalue weighted by Gasteiger charge is 2.21. The summed E-state index contributed by atoms with van der Waals surface area (Å²) < 4.78 is 15.7. The fourth-order valence-corrected chi connectivity index (χ4v) is 2.80. The minimum atomic E-state index is -0.769.